The van der Waals surface area contributed by atoms with Crippen LogP contribution in [0.5, 0.6) is 0 Å². The number of fused-ring (bicyclic) bond motifs is 2. The zero-order valence-corrected chi connectivity index (χ0v) is 18.7. The standard InChI is InChI=1S/C20H14Br2N4OS/c1-10-18-14(11-3-2-4-12(21)7-11)9-17(27)24-19(18)26(25-10)20-23-15-6-5-13(22)8-16(15)28-20/h2-8,14H,9H2,1H3,(H,24,27)/t14-/m1/s1. The highest BCUT2D eigenvalue weighted by Gasteiger charge is 2.33. The quantitative estimate of drug-likeness (QED) is 0.366. The number of hydrogen-bond donors (Lipinski definition) is 1. The van der Waals surface area contributed by atoms with Gasteiger partial charge in [-0.2, -0.15) is 9.78 Å². The molecule has 1 atom stereocenters. The Morgan fingerprint density at radius 3 is 2.82 bits per heavy atom. The fourth-order valence-electron chi connectivity index (χ4n) is 3.67. The SMILES string of the molecule is Cc1nn(-c2nc3ccc(Br)cc3s2)c2c1[C@@H](c1cccc(Br)c1)CC(=O)N2. The number of carbonyl (C=O) groups is 1. The molecular weight excluding hydrogens is 504 g/mol. The van der Waals surface area contributed by atoms with Crippen LogP contribution in [0.25, 0.3) is 15.3 Å². The molecule has 0 spiro atoms. The van der Waals surface area contributed by atoms with Gasteiger partial charge in [0.2, 0.25) is 11.0 Å². The predicted molar refractivity (Wildman–Crippen MR) is 118 cm³/mol. The molecule has 1 amide bonds. The fourth-order valence-corrected chi connectivity index (χ4v) is 5.56. The van der Waals surface area contributed by atoms with Crippen LogP contribution in [0, 0.1) is 6.92 Å². The van der Waals surface area contributed by atoms with E-state index >= 15 is 0 Å². The molecule has 1 N–H and O–H groups in total. The minimum Gasteiger partial charge on any atom is -0.310 e. The smallest absolute Gasteiger partial charge is 0.226 e. The number of anilines is 1. The van der Waals surface area contributed by atoms with Gasteiger partial charge in [-0.05, 0) is 42.8 Å². The summed E-state index contributed by atoms with van der Waals surface area (Å²) in [6, 6.07) is 14.1. The Bertz CT molecular complexity index is 1250. The van der Waals surface area contributed by atoms with Gasteiger partial charge in [0.25, 0.3) is 0 Å². The van der Waals surface area contributed by atoms with E-state index in [4.69, 9.17) is 10.1 Å². The Morgan fingerprint density at radius 1 is 1.18 bits per heavy atom. The summed E-state index contributed by atoms with van der Waals surface area (Å²) in [4.78, 5) is 17.2. The molecule has 140 valence electrons. The molecule has 0 saturated carbocycles. The first kappa shape index (κ1) is 18.0. The number of halogens is 2. The van der Waals surface area contributed by atoms with E-state index in [0.717, 1.165) is 46.9 Å². The molecule has 5 rings (SSSR count). The van der Waals surface area contributed by atoms with Gasteiger partial charge >= 0.3 is 0 Å². The van der Waals surface area contributed by atoms with Crippen molar-refractivity contribution in [1.82, 2.24) is 14.8 Å². The first-order valence-electron chi connectivity index (χ1n) is 8.71. The molecule has 4 aromatic rings. The van der Waals surface area contributed by atoms with E-state index in [1.165, 1.54) is 0 Å². The molecule has 0 fully saturated rings. The van der Waals surface area contributed by atoms with Crippen molar-refractivity contribution >= 4 is 65.1 Å². The molecule has 0 bridgehead atoms. The number of nitrogens with one attached hydrogen (secondary N) is 1. The second-order valence-corrected chi connectivity index (χ2v) is 9.57. The molecule has 0 saturated heterocycles. The highest BCUT2D eigenvalue weighted by atomic mass is 79.9. The first-order chi connectivity index (χ1) is 13.5. The molecule has 8 heteroatoms. The lowest BCUT2D eigenvalue weighted by atomic mass is 9.86. The number of benzene rings is 2. The minimum absolute atomic E-state index is 0.0116. The van der Waals surface area contributed by atoms with Crippen molar-refractivity contribution in [3.8, 4) is 5.13 Å². The maximum atomic E-state index is 12.5. The Morgan fingerprint density at radius 2 is 2.00 bits per heavy atom. The predicted octanol–water partition coefficient (Wildman–Crippen LogP) is 5.79. The monoisotopic (exact) mass is 516 g/mol. The lowest BCUT2D eigenvalue weighted by Crippen LogP contribution is -2.24. The fraction of sp³-hybridized carbons (Fsp3) is 0.150. The number of rotatable bonds is 2. The molecule has 2 aromatic carbocycles. The summed E-state index contributed by atoms with van der Waals surface area (Å²) in [6.45, 7) is 1.99. The number of amides is 1. The highest BCUT2D eigenvalue weighted by molar-refractivity contribution is 9.10. The van der Waals surface area contributed by atoms with Crippen molar-refractivity contribution in [2.45, 2.75) is 19.3 Å². The van der Waals surface area contributed by atoms with E-state index in [9.17, 15) is 4.79 Å². The molecule has 0 unspecified atom stereocenters. The summed E-state index contributed by atoms with van der Waals surface area (Å²) in [7, 11) is 0. The largest absolute Gasteiger partial charge is 0.310 e. The Kier molecular flexibility index (Phi) is 4.37. The molecule has 28 heavy (non-hydrogen) atoms. The van der Waals surface area contributed by atoms with Crippen molar-refractivity contribution < 1.29 is 4.79 Å². The van der Waals surface area contributed by atoms with E-state index in [-0.39, 0.29) is 11.8 Å². The number of aryl methyl sites for hydroxylation is 1. The van der Waals surface area contributed by atoms with Gasteiger partial charge in [0, 0.05) is 26.8 Å². The maximum Gasteiger partial charge on any atom is 0.226 e. The summed E-state index contributed by atoms with van der Waals surface area (Å²) in [5.41, 5.74) is 3.97. The van der Waals surface area contributed by atoms with Crippen LogP contribution in [-0.4, -0.2) is 20.7 Å². The van der Waals surface area contributed by atoms with E-state index in [1.807, 2.05) is 37.3 Å². The molecule has 2 aromatic heterocycles. The van der Waals surface area contributed by atoms with Gasteiger partial charge in [-0.1, -0.05) is 55.3 Å². The van der Waals surface area contributed by atoms with Crippen molar-refractivity contribution in [2.75, 3.05) is 5.32 Å². The van der Waals surface area contributed by atoms with Gasteiger partial charge in [-0.15, -0.1) is 0 Å². The molecule has 5 nitrogen and oxygen atoms in total. The summed E-state index contributed by atoms with van der Waals surface area (Å²) >= 11 is 8.59. The molecule has 1 aliphatic rings. The van der Waals surface area contributed by atoms with E-state index in [2.05, 4.69) is 49.3 Å². The summed E-state index contributed by atoms with van der Waals surface area (Å²) in [5.74, 6) is 0.679. The van der Waals surface area contributed by atoms with Crippen molar-refractivity contribution in [1.29, 1.82) is 0 Å². The van der Waals surface area contributed by atoms with Gasteiger partial charge in [0.15, 0.2) is 0 Å². The first-order valence-corrected chi connectivity index (χ1v) is 11.1. The van der Waals surface area contributed by atoms with Gasteiger partial charge in [-0.3, -0.25) is 4.79 Å². The normalized spacial score (nSPS) is 16.2. The number of carbonyl (C=O) groups excluding carboxylic acids is 1. The zero-order valence-electron chi connectivity index (χ0n) is 14.7. The van der Waals surface area contributed by atoms with Crippen LogP contribution in [0.4, 0.5) is 5.82 Å². The van der Waals surface area contributed by atoms with Crippen LogP contribution in [0.1, 0.15) is 29.2 Å². The molecular formula is C20H14Br2N4OS. The van der Waals surface area contributed by atoms with E-state index in [1.54, 1.807) is 16.0 Å². The summed E-state index contributed by atoms with van der Waals surface area (Å²) < 4.78 is 4.85. The Balaban J connectivity index is 1.68. The van der Waals surface area contributed by atoms with Crippen molar-refractivity contribution in [3.63, 3.8) is 0 Å². The van der Waals surface area contributed by atoms with Crippen LogP contribution in [0.3, 0.4) is 0 Å². The van der Waals surface area contributed by atoms with Crippen LogP contribution in [0.2, 0.25) is 0 Å². The number of nitrogens with zero attached hydrogens (tertiary/aromatic N) is 3. The third-order valence-electron chi connectivity index (χ3n) is 4.87. The van der Waals surface area contributed by atoms with Crippen molar-refractivity contribution in [2.24, 2.45) is 0 Å². The third-order valence-corrected chi connectivity index (χ3v) is 6.85. The van der Waals surface area contributed by atoms with Gasteiger partial charge < -0.3 is 5.32 Å². The van der Waals surface area contributed by atoms with Crippen LogP contribution in [0.15, 0.2) is 51.4 Å². The lowest BCUT2D eigenvalue weighted by Gasteiger charge is -2.24. The second kappa shape index (κ2) is 6.79. The second-order valence-electron chi connectivity index (χ2n) is 6.73. The van der Waals surface area contributed by atoms with E-state index in [0.29, 0.717) is 6.42 Å². The Labute approximate surface area is 182 Å². The summed E-state index contributed by atoms with van der Waals surface area (Å²) in [6.07, 6.45) is 0.406. The molecule has 1 aliphatic heterocycles. The van der Waals surface area contributed by atoms with Crippen LogP contribution < -0.4 is 5.32 Å². The zero-order chi connectivity index (χ0) is 19.4. The highest BCUT2D eigenvalue weighted by Crippen LogP contribution is 2.41. The molecule has 0 aliphatic carbocycles. The number of aromatic nitrogens is 3. The summed E-state index contributed by atoms with van der Waals surface area (Å²) in [5, 5.41) is 8.51. The molecule has 0 radical (unpaired) electrons. The van der Waals surface area contributed by atoms with Gasteiger partial charge in [-0.25, -0.2) is 4.98 Å². The van der Waals surface area contributed by atoms with Crippen LogP contribution >= 0.6 is 43.2 Å². The minimum atomic E-state index is -0.0291. The maximum absolute atomic E-state index is 12.5. The number of thiazole rings is 1. The van der Waals surface area contributed by atoms with Gasteiger partial charge in [0.1, 0.15) is 5.82 Å². The Hall–Kier alpha value is -2.03. The molecule has 3 heterocycles. The van der Waals surface area contributed by atoms with Gasteiger partial charge in [0.05, 0.1) is 15.9 Å². The lowest BCUT2D eigenvalue weighted by molar-refractivity contribution is -0.116. The average Bonchev–Trinajstić information content (AvgIpc) is 3.21. The number of hydrogen-bond acceptors (Lipinski definition) is 4. The van der Waals surface area contributed by atoms with E-state index < -0.39 is 0 Å². The third kappa shape index (κ3) is 3.00. The average molecular weight is 518 g/mol. The topological polar surface area (TPSA) is 59.8 Å². The van der Waals surface area contributed by atoms with Crippen LogP contribution in [-0.2, 0) is 4.79 Å². The van der Waals surface area contributed by atoms with Crippen molar-refractivity contribution in [3.05, 3.63) is 68.2 Å².